The van der Waals surface area contributed by atoms with Gasteiger partial charge in [-0.2, -0.15) is 0 Å². The molecule has 1 fully saturated rings. The topological polar surface area (TPSA) is 40.6 Å². The third-order valence-electron chi connectivity index (χ3n) is 3.82. The van der Waals surface area contributed by atoms with Gasteiger partial charge in [-0.15, -0.1) is 0 Å². The largest absolute Gasteiger partial charge is 0.341 e. The lowest BCUT2D eigenvalue weighted by Crippen LogP contribution is -2.46. The van der Waals surface area contributed by atoms with Gasteiger partial charge in [0.25, 0.3) is 0 Å². The summed E-state index contributed by atoms with van der Waals surface area (Å²) in [5.74, 6) is -3.13. The molecule has 20 heavy (non-hydrogen) atoms. The summed E-state index contributed by atoms with van der Waals surface area (Å²) in [5, 5.41) is 0. The minimum atomic E-state index is -2.60. The van der Waals surface area contributed by atoms with Crippen LogP contribution in [0.4, 0.5) is 8.78 Å². The smallest absolute Gasteiger partial charge is 0.248 e. The first-order chi connectivity index (χ1) is 9.30. The Morgan fingerprint density at radius 1 is 1.35 bits per heavy atom. The van der Waals surface area contributed by atoms with Crippen LogP contribution in [0.25, 0.3) is 0 Å². The zero-order valence-corrected chi connectivity index (χ0v) is 12.1. The van der Waals surface area contributed by atoms with Crippen molar-refractivity contribution >= 4 is 11.8 Å². The molecule has 114 valence electrons. The standard InChI is InChI=1S/C14H22F2N2O2/c1-4-12(19)18(5-2)10-13(20)17(3)11-6-8-14(15,16)9-7-11/h4,11H,1,5-10H2,2-3H3. The number of alkyl halides is 2. The van der Waals surface area contributed by atoms with Gasteiger partial charge >= 0.3 is 0 Å². The van der Waals surface area contributed by atoms with Crippen molar-refractivity contribution < 1.29 is 18.4 Å². The number of carbonyl (C=O) groups excluding carboxylic acids is 2. The van der Waals surface area contributed by atoms with Crippen LogP contribution in [0.1, 0.15) is 32.6 Å². The highest BCUT2D eigenvalue weighted by Gasteiger charge is 2.37. The zero-order chi connectivity index (χ0) is 15.3. The number of rotatable bonds is 5. The molecule has 0 aromatic heterocycles. The number of halogens is 2. The van der Waals surface area contributed by atoms with E-state index in [0.717, 1.165) is 6.08 Å². The molecule has 1 aliphatic rings. The average Bonchev–Trinajstić information content (AvgIpc) is 2.42. The Labute approximate surface area is 118 Å². The second-order valence-corrected chi connectivity index (χ2v) is 5.15. The highest BCUT2D eigenvalue weighted by atomic mass is 19.3. The molecule has 1 aliphatic carbocycles. The summed E-state index contributed by atoms with van der Waals surface area (Å²) in [4.78, 5) is 26.5. The molecule has 6 heteroatoms. The van der Waals surface area contributed by atoms with Crippen molar-refractivity contribution in [1.29, 1.82) is 0 Å². The third kappa shape index (κ3) is 4.28. The van der Waals surface area contributed by atoms with E-state index in [4.69, 9.17) is 0 Å². The van der Waals surface area contributed by atoms with Crippen molar-refractivity contribution in [2.45, 2.75) is 44.6 Å². The molecule has 0 saturated heterocycles. The Morgan fingerprint density at radius 3 is 2.35 bits per heavy atom. The molecule has 0 atom stereocenters. The summed E-state index contributed by atoms with van der Waals surface area (Å²) < 4.78 is 26.2. The molecule has 0 aromatic carbocycles. The second kappa shape index (κ2) is 6.81. The molecular weight excluding hydrogens is 266 g/mol. The molecule has 0 N–H and O–H groups in total. The van der Waals surface area contributed by atoms with Crippen molar-refractivity contribution in [3.63, 3.8) is 0 Å². The van der Waals surface area contributed by atoms with Crippen LogP contribution in [0.5, 0.6) is 0 Å². The Balaban J connectivity index is 2.55. The summed E-state index contributed by atoms with van der Waals surface area (Å²) in [7, 11) is 1.61. The minimum Gasteiger partial charge on any atom is -0.341 e. The Bertz CT molecular complexity index is 375. The van der Waals surface area contributed by atoms with Gasteiger partial charge in [0.1, 0.15) is 0 Å². The predicted octanol–water partition coefficient (Wildman–Crippen LogP) is 2.06. The van der Waals surface area contributed by atoms with Crippen molar-refractivity contribution in [3.05, 3.63) is 12.7 Å². The van der Waals surface area contributed by atoms with E-state index in [0.29, 0.717) is 19.4 Å². The van der Waals surface area contributed by atoms with Crippen LogP contribution in [0.3, 0.4) is 0 Å². The molecule has 2 amide bonds. The first-order valence-corrected chi connectivity index (χ1v) is 6.85. The van der Waals surface area contributed by atoms with Gasteiger partial charge in [-0.3, -0.25) is 9.59 Å². The fourth-order valence-corrected chi connectivity index (χ4v) is 2.37. The molecule has 0 unspecified atom stereocenters. The summed E-state index contributed by atoms with van der Waals surface area (Å²) in [6.07, 6.45) is 1.40. The number of hydrogen-bond donors (Lipinski definition) is 0. The Morgan fingerprint density at radius 2 is 1.90 bits per heavy atom. The van der Waals surface area contributed by atoms with Gasteiger partial charge in [0.2, 0.25) is 17.7 Å². The number of carbonyl (C=O) groups is 2. The van der Waals surface area contributed by atoms with E-state index in [1.165, 1.54) is 9.80 Å². The minimum absolute atomic E-state index is 0.0370. The molecule has 0 heterocycles. The van der Waals surface area contributed by atoms with Crippen LogP contribution in [0, 0.1) is 0 Å². The first-order valence-electron chi connectivity index (χ1n) is 6.85. The zero-order valence-electron chi connectivity index (χ0n) is 12.1. The van der Waals surface area contributed by atoms with Crippen LogP contribution >= 0.6 is 0 Å². The molecule has 0 aliphatic heterocycles. The van der Waals surface area contributed by atoms with Gasteiger partial charge in [0.15, 0.2) is 0 Å². The molecule has 1 rings (SSSR count). The van der Waals surface area contributed by atoms with Crippen LogP contribution in [0.2, 0.25) is 0 Å². The van der Waals surface area contributed by atoms with E-state index in [9.17, 15) is 18.4 Å². The predicted molar refractivity (Wildman–Crippen MR) is 72.4 cm³/mol. The van der Waals surface area contributed by atoms with Gasteiger partial charge in [-0.05, 0) is 25.8 Å². The maximum atomic E-state index is 13.1. The van der Waals surface area contributed by atoms with E-state index in [-0.39, 0.29) is 37.2 Å². The third-order valence-corrected chi connectivity index (χ3v) is 3.82. The summed E-state index contributed by atoms with van der Waals surface area (Å²) in [6, 6.07) is -0.167. The summed E-state index contributed by atoms with van der Waals surface area (Å²) in [6.45, 7) is 5.53. The fourth-order valence-electron chi connectivity index (χ4n) is 2.37. The van der Waals surface area contributed by atoms with Crippen LogP contribution in [-0.4, -0.2) is 53.7 Å². The lowest BCUT2D eigenvalue weighted by Gasteiger charge is -2.35. The van der Waals surface area contributed by atoms with E-state index in [2.05, 4.69) is 6.58 Å². The Hall–Kier alpha value is -1.46. The van der Waals surface area contributed by atoms with Crippen LogP contribution in [-0.2, 0) is 9.59 Å². The average molecular weight is 288 g/mol. The van der Waals surface area contributed by atoms with Crippen LogP contribution < -0.4 is 0 Å². The van der Waals surface area contributed by atoms with E-state index < -0.39 is 5.92 Å². The lowest BCUT2D eigenvalue weighted by molar-refractivity contribution is -0.140. The quantitative estimate of drug-likeness (QED) is 0.727. The van der Waals surface area contributed by atoms with Gasteiger partial charge in [0, 0.05) is 32.5 Å². The number of amides is 2. The second-order valence-electron chi connectivity index (χ2n) is 5.15. The van der Waals surface area contributed by atoms with E-state index in [1.54, 1.807) is 14.0 Å². The van der Waals surface area contributed by atoms with Crippen molar-refractivity contribution in [3.8, 4) is 0 Å². The molecule has 0 radical (unpaired) electrons. The molecule has 0 bridgehead atoms. The van der Waals surface area contributed by atoms with Crippen molar-refractivity contribution in [2.24, 2.45) is 0 Å². The highest BCUT2D eigenvalue weighted by Crippen LogP contribution is 2.34. The molecular formula is C14H22F2N2O2. The highest BCUT2D eigenvalue weighted by molar-refractivity contribution is 5.90. The summed E-state index contributed by atoms with van der Waals surface area (Å²) >= 11 is 0. The Kier molecular flexibility index (Phi) is 5.65. The lowest BCUT2D eigenvalue weighted by atomic mass is 9.91. The number of nitrogens with zero attached hydrogens (tertiary/aromatic N) is 2. The van der Waals surface area contributed by atoms with Gasteiger partial charge in [0.05, 0.1) is 6.54 Å². The summed E-state index contributed by atoms with van der Waals surface area (Å²) in [5.41, 5.74) is 0. The maximum Gasteiger partial charge on any atom is 0.248 e. The molecule has 1 saturated carbocycles. The maximum absolute atomic E-state index is 13.1. The van der Waals surface area contributed by atoms with Gasteiger partial charge in [-0.1, -0.05) is 6.58 Å². The fraction of sp³-hybridized carbons (Fsp3) is 0.714. The molecule has 0 spiro atoms. The van der Waals surface area contributed by atoms with Crippen LogP contribution in [0.15, 0.2) is 12.7 Å². The number of hydrogen-bond acceptors (Lipinski definition) is 2. The van der Waals surface area contributed by atoms with E-state index in [1.807, 2.05) is 0 Å². The van der Waals surface area contributed by atoms with Gasteiger partial charge in [-0.25, -0.2) is 8.78 Å². The molecule has 0 aromatic rings. The number of likely N-dealkylation sites (N-methyl/N-ethyl adjacent to an activating group) is 2. The first kappa shape index (κ1) is 16.6. The van der Waals surface area contributed by atoms with Crippen molar-refractivity contribution in [1.82, 2.24) is 9.80 Å². The van der Waals surface area contributed by atoms with E-state index >= 15 is 0 Å². The monoisotopic (exact) mass is 288 g/mol. The normalized spacial score (nSPS) is 18.4. The SMILES string of the molecule is C=CC(=O)N(CC)CC(=O)N(C)C1CCC(F)(F)CC1. The van der Waals surface area contributed by atoms with Gasteiger partial charge < -0.3 is 9.80 Å². The van der Waals surface area contributed by atoms with Crippen molar-refractivity contribution in [2.75, 3.05) is 20.1 Å². The molecule has 4 nitrogen and oxygen atoms in total.